The highest BCUT2D eigenvalue weighted by Crippen LogP contribution is 2.37. The number of aryl methyl sites for hydroxylation is 1. The van der Waals surface area contributed by atoms with E-state index in [1.54, 1.807) is 18.6 Å². The third-order valence-corrected chi connectivity index (χ3v) is 8.64. The second-order valence-electron chi connectivity index (χ2n) is 8.94. The molecule has 192 valence electrons. The van der Waals surface area contributed by atoms with Crippen LogP contribution in [0, 0.1) is 11.3 Å². The Morgan fingerprint density at radius 2 is 1.92 bits per heavy atom. The van der Waals surface area contributed by atoms with Crippen molar-refractivity contribution in [2.45, 2.75) is 29.7 Å². The molecule has 1 unspecified atom stereocenters. The molecule has 3 aromatic heterocycles. The number of benzene rings is 1. The van der Waals surface area contributed by atoms with Crippen LogP contribution in [0.5, 0.6) is 0 Å². The van der Waals surface area contributed by atoms with Gasteiger partial charge in [0, 0.05) is 44.3 Å². The van der Waals surface area contributed by atoms with Gasteiger partial charge in [-0.15, -0.1) is 20.4 Å². The minimum absolute atomic E-state index is 0.190. The van der Waals surface area contributed by atoms with E-state index in [9.17, 15) is 18.3 Å². The highest BCUT2D eigenvalue weighted by atomic mass is 32.2. The first-order chi connectivity index (χ1) is 17.9. The van der Waals surface area contributed by atoms with E-state index in [2.05, 4.69) is 46.1 Å². The summed E-state index contributed by atoms with van der Waals surface area (Å²) in [4.78, 5) is 4.77. The molecule has 1 N–H and O–H groups in total. The van der Waals surface area contributed by atoms with E-state index in [0.29, 0.717) is 49.4 Å². The monoisotopic (exact) mass is 545 g/mol. The van der Waals surface area contributed by atoms with Crippen LogP contribution in [0.2, 0.25) is 0 Å². The highest BCUT2D eigenvalue weighted by Gasteiger charge is 2.45. The third-order valence-electron chi connectivity index (χ3n) is 6.50. The lowest BCUT2D eigenvalue weighted by Gasteiger charge is -2.36. The Labute approximate surface area is 216 Å². The van der Waals surface area contributed by atoms with Gasteiger partial charge in [0.15, 0.2) is 5.01 Å². The van der Waals surface area contributed by atoms with Gasteiger partial charge < -0.3 is 14.4 Å². The zero-order valence-electron chi connectivity index (χ0n) is 19.6. The topological polar surface area (TPSA) is 134 Å². The first kappa shape index (κ1) is 23.8. The standard InChI is InChI=1S/C21H21F2N11OS2/c1-31-12-25-28-19(31)33-6-4-32(5-7-33)15-8-13(37(35)30-21(11-24)2-3-21)9-16-14(15)10-26-34(16)20-29-27-18(36-20)17(22)23/h8-10,12,17,30H,2-7H2,1H3. The molecule has 2 aliphatic rings. The van der Waals surface area contributed by atoms with Crippen molar-refractivity contribution >= 4 is 44.9 Å². The van der Waals surface area contributed by atoms with Gasteiger partial charge in [0.25, 0.3) is 6.43 Å². The number of hydrogen-bond acceptors (Lipinski definition) is 10. The zero-order chi connectivity index (χ0) is 25.7. The lowest BCUT2D eigenvalue weighted by Crippen LogP contribution is -2.47. The molecule has 0 radical (unpaired) electrons. The molecular formula is C21H21F2N11OS2. The van der Waals surface area contributed by atoms with Crippen molar-refractivity contribution in [3.05, 3.63) is 29.7 Å². The molecule has 1 aliphatic heterocycles. The van der Waals surface area contributed by atoms with Crippen LogP contribution in [0.25, 0.3) is 16.0 Å². The van der Waals surface area contributed by atoms with Crippen LogP contribution in [0.4, 0.5) is 20.4 Å². The maximum Gasteiger partial charge on any atom is 0.291 e. The van der Waals surface area contributed by atoms with Crippen molar-refractivity contribution in [1.29, 1.82) is 5.26 Å². The highest BCUT2D eigenvalue weighted by molar-refractivity contribution is 7.83. The van der Waals surface area contributed by atoms with Gasteiger partial charge in [-0.25, -0.2) is 22.4 Å². The van der Waals surface area contributed by atoms with Crippen LogP contribution in [0.3, 0.4) is 0 Å². The fourth-order valence-corrected chi connectivity index (χ4v) is 6.14. The van der Waals surface area contributed by atoms with Gasteiger partial charge in [0.05, 0.1) is 22.7 Å². The number of hydrogen-bond donors (Lipinski definition) is 1. The SMILES string of the molecule is Cn1cnnc1N1CCN(c2cc(S(=O)NC3(C#N)CC3)cc3c2cnn3-c2nnc(C(F)F)s2)CC1. The molecule has 1 aliphatic carbocycles. The molecule has 0 amide bonds. The molecule has 12 nitrogen and oxygen atoms in total. The molecule has 4 aromatic rings. The Morgan fingerprint density at radius 1 is 1.16 bits per heavy atom. The molecule has 16 heteroatoms. The first-order valence-corrected chi connectivity index (χ1v) is 13.4. The number of nitrogens with zero attached hydrogens (tertiary/aromatic N) is 10. The predicted octanol–water partition coefficient (Wildman–Crippen LogP) is 1.94. The van der Waals surface area contributed by atoms with Gasteiger partial charge in [0.1, 0.15) is 22.9 Å². The van der Waals surface area contributed by atoms with Crippen LogP contribution >= 0.6 is 11.3 Å². The van der Waals surface area contributed by atoms with Crippen molar-refractivity contribution in [2.75, 3.05) is 36.0 Å². The van der Waals surface area contributed by atoms with E-state index in [1.165, 1.54) is 4.68 Å². The summed E-state index contributed by atoms with van der Waals surface area (Å²) in [6.07, 6.45) is 1.84. The molecule has 1 saturated carbocycles. The molecular weight excluding hydrogens is 524 g/mol. The molecule has 2 fully saturated rings. The Bertz CT molecular complexity index is 1530. The fourth-order valence-electron chi connectivity index (χ4n) is 4.31. The van der Waals surface area contributed by atoms with Gasteiger partial charge in [-0.05, 0) is 25.0 Å². The number of nitrogens with one attached hydrogen (secondary N) is 1. The quantitative estimate of drug-likeness (QED) is 0.370. The summed E-state index contributed by atoms with van der Waals surface area (Å²) in [6.45, 7) is 2.71. The summed E-state index contributed by atoms with van der Waals surface area (Å²) in [5.74, 6) is 0.786. The molecule has 4 heterocycles. The first-order valence-electron chi connectivity index (χ1n) is 11.5. The van der Waals surface area contributed by atoms with Crippen LogP contribution in [0.15, 0.2) is 29.6 Å². The van der Waals surface area contributed by atoms with Crippen LogP contribution in [-0.2, 0) is 18.0 Å². The van der Waals surface area contributed by atoms with Gasteiger partial charge in [-0.2, -0.15) is 10.4 Å². The largest absolute Gasteiger partial charge is 0.367 e. The summed E-state index contributed by atoms with van der Waals surface area (Å²) in [5, 5.41) is 30.0. The second-order valence-corrected chi connectivity index (χ2v) is 11.1. The van der Waals surface area contributed by atoms with Crippen molar-refractivity contribution < 1.29 is 13.0 Å². The van der Waals surface area contributed by atoms with E-state index in [0.717, 1.165) is 28.4 Å². The minimum Gasteiger partial charge on any atom is -0.367 e. The van der Waals surface area contributed by atoms with Gasteiger partial charge >= 0.3 is 0 Å². The van der Waals surface area contributed by atoms with Crippen molar-refractivity contribution in [1.82, 2.24) is 39.5 Å². The minimum atomic E-state index is -2.73. The van der Waals surface area contributed by atoms with Crippen molar-refractivity contribution in [3.8, 4) is 11.2 Å². The van der Waals surface area contributed by atoms with Crippen LogP contribution in [-0.4, -0.2) is 70.7 Å². The fraction of sp³-hybridized carbons (Fsp3) is 0.429. The lowest BCUT2D eigenvalue weighted by molar-refractivity contribution is 0.150. The summed E-state index contributed by atoms with van der Waals surface area (Å²) in [6, 6.07) is 5.74. The third kappa shape index (κ3) is 4.32. The smallest absolute Gasteiger partial charge is 0.291 e. The second kappa shape index (κ2) is 9.08. The van der Waals surface area contributed by atoms with E-state index < -0.39 is 28.0 Å². The number of nitriles is 1. The number of anilines is 2. The molecule has 0 bridgehead atoms. The Balaban J connectivity index is 1.37. The van der Waals surface area contributed by atoms with Gasteiger partial charge in [0.2, 0.25) is 11.1 Å². The summed E-state index contributed by atoms with van der Waals surface area (Å²) >= 11 is 0.751. The number of rotatable bonds is 7. The lowest BCUT2D eigenvalue weighted by atomic mass is 10.1. The Kier molecular flexibility index (Phi) is 5.85. The van der Waals surface area contributed by atoms with Crippen molar-refractivity contribution in [2.24, 2.45) is 7.05 Å². The Hall–Kier alpha value is -3.55. The van der Waals surface area contributed by atoms with E-state index in [4.69, 9.17) is 0 Å². The van der Waals surface area contributed by atoms with Crippen LogP contribution in [0.1, 0.15) is 24.3 Å². The van der Waals surface area contributed by atoms with E-state index >= 15 is 0 Å². The number of fused-ring (bicyclic) bond motifs is 1. The summed E-state index contributed by atoms with van der Waals surface area (Å²) in [5.41, 5.74) is 0.594. The number of alkyl halides is 2. The van der Waals surface area contributed by atoms with Crippen LogP contribution < -0.4 is 14.5 Å². The van der Waals surface area contributed by atoms with Gasteiger partial charge in [-0.1, -0.05) is 11.3 Å². The number of piperazine rings is 1. The number of aromatic nitrogens is 7. The average molecular weight is 546 g/mol. The molecule has 0 spiro atoms. The summed E-state index contributed by atoms with van der Waals surface area (Å²) in [7, 11) is 0.224. The molecule has 1 aromatic carbocycles. The Morgan fingerprint density at radius 3 is 2.54 bits per heavy atom. The summed E-state index contributed by atoms with van der Waals surface area (Å²) < 4.78 is 45.8. The van der Waals surface area contributed by atoms with Gasteiger partial charge in [-0.3, -0.25) is 0 Å². The van der Waals surface area contributed by atoms with Crippen molar-refractivity contribution in [3.63, 3.8) is 0 Å². The molecule has 1 saturated heterocycles. The number of halogens is 2. The molecule has 6 rings (SSSR count). The van der Waals surface area contributed by atoms with E-state index in [-0.39, 0.29) is 5.13 Å². The average Bonchev–Trinajstić information content (AvgIpc) is 3.25. The van der Waals surface area contributed by atoms with E-state index in [1.807, 2.05) is 17.7 Å². The normalized spacial score (nSPS) is 17.9. The maximum absolute atomic E-state index is 13.3. The zero-order valence-corrected chi connectivity index (χ0v) is 21.2. The molecule has 1 atom stereocenters. The predicted molar refractivity (Wildman–Crippen MR) is 132 cm³/mol. The molecule has 37 heavy (non-hydrogen) atoms. The maximum atomic E-state index is 13.3.